The SMILES string of the molecule is Cc1nc2c(nc1C)c1nc3c(F)c(-c4c(F)c(F)c(F)c(F)c4F)c(C#N)c(F)c3nc1c1nc3c(F)c(-c4c(F)c(F)c(F)c(F)c4F)c(C#N)c(F)c3nc21. The van der Waals surface area contributed by atoms with E-state index in [1.165, 1.54) is 13.8 Å². The molecule has 0 aliphatic carbocycles. The summed E-state index contributed by atoms with van der Waals surface area (Å²) in [6.07, 6.45) is 0. The summed E-state index contributed by atoms with van der Waals surface area (Å²) in [6.45, 7) is 2.77. The van der Waals surface area contributed by atoms with Gasteiger partial charge in [0.2, 0.25) is 11.6 Å². The highest BCUT2D eigenvalue weighted by molar-refractivity contribution is 6.20. The number of nitrogens with zero attached hydrogens (tertiary/aromatic N) is 8. The van der Waals surface area contributed by atoms with Crippen molar-refractivity contribution in [3.05, 3.63) is 104 Å². The number of aryl methyl sites for hydroxylation is 2. The number of aromatic nitrogens is 6. The Morgan fingerprint density at radius 2 is 0.500 bits per heavy atom. The Kier molecular flexibility index (Phi) is 8.14. The van der Waals surface area contributed by atoms with E-state index in [4.69, 9.17) is 0 Å². The van der Waals surface area contributed by atoms with E-state index in [2.05, 4.69) is 29.9 Å². The molecule has 22 heteroatoms. The Hall–Kier alpha value is -7.36. The molecule has 0 bridgehead atoms. The summed E-state index contributed by atoms with van der Waals surface area (Å²) in [6, 6.07) is 2.16. The number of fused-ring (bicyclic) bond motifs is 8. The minimum Gasteiger partial charge on any atom is -0.247 e. The Balaban J connectivity index is 1.59. The number of benzene rings is 5. The Morgan fingerprint density at radius 3 is 0.759 bits per heavy atom. The van der Waals surface area contributed by atoms with Gasteiger partial charge in [0.05, 0.1) is 22.5 Å². The third-order valence-electron chi connectivity index (χ3n) is 9.12. The molecule has 0 unspecified atom stereocenters. The lowest BCUT2D eigenvalue weighted by molar-refractivity contribution is 0.381. The maximum Gasteiger partial charge on any atom is 0.200 e. The zero-order chi connectivity index (χ0) is 42.1. The van der Waals surface area contributed by atoms with E-state index in [9.17, 15) is 54.4 Å². The molecule has 0 saturated heterocycles. The van der Waals surface area contributed by atoms with Crippen LogP contribution in [0, 0.1) is 118 Å². The highest BCUT2D eigenvalue weighted by Gasteiger charge is 2.36. The van der Waals surface area contributed by atoms with Gasteiger partial charge in [-0.1, -0.05) is 0 Å². The first-order valence-corrected chi connectivity index (χ1v) is 15.5. The van der Waals surface area contributed by atoms with Gasteiger partial charge in [0.25, 0.3) is 0 Å². The molecule has 58 heavy (non-hydrogen) atoms. The monoisotopic (exact) mass is 816 g/mol. The lowest BCUT2D eigenvalue weighted by Crippen LogP contribution is -2.10. The van der Waals surface area contributed by atoms with Gasteiger partial charge in [-0.15, -0.1) is 0 Å². The summed E-state index contributed by atoms with van der Waals surface area (Å²) in [7, 11) is 0. The second-order valence-electron chi connectivity index (χ2n) is 12.2. The average Bonchev–Trinajstić information content (AvgIpc) is 3.21. The summed E-state index contributed by atoms with van der Waals surface area (Å²) >= 11 is 0. The molecule has 0 amide bonds. The number of hydrogen-bond acceptors (Lipinski definition) is 8. The molecule has 3 heterocycles. The minimum absolute atomic E-state index is 0.105. The highest BCUT2D eigenvalue weighted by Crippen LogP contribution is 2.43. The van der Waals surface area contributed by atoms with Crippen molar-refractivity contribution in [2.24, 2.45) is 0 Å². The van der Waals surface area contributed by atoms with E-state index in [0.717, 1.165) is 12.1 Å². The van der Waals surface area contributed by atoms with Crippen molar-refractivity contribution in [3.8, 4) is 34.4 Å². The molecule has 0 spiro atoms. The van der Waals surface area contributed by atoms with Crippen LogP contribution in [0.2, 0.25) is 0 Å². The van der Waals surface area contributed by atoms with Gasteiger partial charge in [-0.3, -0.25) is 0 Å². The van der Waals surface area contributed by atoms with Gasteiger partial charge in [0.15, 0.2) is 69.8 Å². The molecule has 0 N–H and O–H groups in total. The maximum atomic E-state index is 16.4. The van der Waals surface area contributed by atoms with E-state index in [1.54, 1.807) is 0 Å². The molecular weight excluding hydrogens is 810 g/mol. The lowest BCUT2D eigenvalue weighted by atomic mass is 9.95. The first-order chi connectivity index (χ1) is 27.4. The zero-order valence-corrected chi connectivity index (χ0v) is 27.9. The fraction of sp³-hybridized carbons (Fsp3) is 0.0556. The van der Waals surface area contributed by atoms with Gasteiger partial charge in [0, 0.05) is 11.1 Å². The molecule has 0 atom stereocenters. The van der Waals surface area contributed by atoms with Crippen LogP contribution >= 0.6 is 0 Å². The quantitative estimate of drug-likeness (QED) is 0.0556. The van der Waals surface area contributed by atoms with Crippen LogP contribution in [0.15, 0.2) is 0 Å². The van der Waals surface area contributed by atoms with Crippen molar-refractivity contribution in [2.45, 2.75) is 13.8 Å². The molecule has 0 saturated carbocycles. The standard InChI is InChI=1S/C36H6F14N8/c1-5-6(2)54-32-31(53-5)33-36(58-30-20(44)10(7(3-51)13(37)27(30)55-33)12-17(41)23(47)26(50)24(48)18(12)42)35-34(32)57-29-19(43)9(8(4-52)14(38)28(29)56-35)11-15(39)21(45)25(49)22(46)16(11)40/h1-2H3. The second kappa shape index (κ2) is 12.6. The summed E-state index contributed by atoms with van der Waals surface area (Å²) in [4.78, 5) is 24.3. The predicted molar refractivity (Wildman–Crippen MR) is 170 cm³/mol. The summed E-state index contributed by atoms with van der Waals surface area (Å²) in [5.41, 5.74) is -19.7. The van der Waals surface area contributed by atoms with Gasteiger partial charge in [-0.25, -0.2) is 91.4 Å². The molecule has 8 aromatic rings. The van der Waals surface area contributed by atoms with E-state index >= 15 is 17.6 Å². The fourth-order valence-corrected chi connectivity index (χ4v) is 6.32. The normalized spacial score (nSPS) is 11.8. The Labute approximate surface area is 309 Å². The third-order valence-corrected chi connectivity index (χ3v) is 9.12. The molecule has 3 aromatic heterocycles. The molecule has 0 aliphatic heterocycles. The van der Waals surface area contributed by atoms with E-state index in [-0.39, 0.29) is 11.4 Å². The molecule has 0 fully saturated rings. The van der Waals surface area contributed by atoms with Crippen molar-refractivity contribution in [1.29, 1.82) is 10.5 Å². The number of nitriles is 2. The molecule has 8 rings (SSSR count). The first kappa shape index (κ1) is 37.6. The van der Waals surface area contributed by atoms with Gasteiger partial charge in [-0.05, 0) is 13.8 Å². The topological polar surface area (TPSA) is 125 Å². The predicted octanol–water partition coefficient (Wildman–Crippen LogP) is 9.46. The van der Waals surface area contributed by atoms with E-state index < -0.39 is 170 Å². The van der Waals surface area contributed by atoms with Crippen molar-refractivity contribution in [1.82, 2.24) is 29.9 Å². The van der Waals surface area contributed by atoms with Crippen LogP contribution in [0.3, 0.4) is 0 Å². The highest BCUT2D eigenvalue weighted by atomic mass is 19.2. The molecule has 5 aromatic carbocycles. The Bertz CT molecular complexity index is 3340. The van der Waals surface area contributed by atoms with Crippen LogP contribution in [0.5, 0.6) is 0 Å². The van der Waals surface area contributed by atoms with Crippen molar-refractivity contribution in [2.75, 3.05) is 0 Å². The van der Waals surface area contributed by atoms with Crippen molar-refractivity contribution in [3.63, 3.8) is 0 Å². The van der Waals surface area contributed by atoms with Gasteiger partial charge >= 0.3 is 0 Å². The summed E-state index contributed by atoms with van der Waals surface area (Å²) in [5.74, 6) is -34.4. The summed E-state index contributed by atoms with van der Waals surface area (Å²) in [5, 5.41) is 19.5. The molecule has 0 radical (unpaired) electrons. The minimum atomic E-state index is -2.68. The van der Waals surface area contributed by atoms with Crippen molar-refractivity contribution >= 4 is 55.2 Å². The lowest BCUT2D eigenvalue weighted by Gasteiger charge is -2.16. The zero-order valence-electron chi connectivity index (χ0n) is 27.9. The van der Waals surface area contributed by atoms with E-state index in [0.29, 0.717) is 0 Å². The molecular formula is C36H6F14N8. The average molecular weight is 816 g/mol. The van der Waals surface area contributed by atoms with Crippen LogP contribution in [0.25, 0.3) is 77.4 Å². The van der Waals surface area contributed by atoms with Crippen LogP contribution in [-0.4, -0.2) is 29.9 Å². The number of hydrogen-bond donors (Lipinski definition) is 0. The van der Waals surface area contributed by atoms with Crippen molar-refractivity contribution < 1.29 is 61.5 Å². The summed E-state index contributed by atoms with van der Waals surface area (Å²) < 4.78 is 210. The third kappa shape index (κ3) is 4.74. The fourth-order valence-electron chi connectivity index (χ4n) is 6.32. The van der Waals surface area contributed by atoms with Crippen LogP contribution in [0.1, 0.15) is 22.5 Å². The van der Waals surface area contributed by atoms with Gasteiger partial charge in [0.1, 0.15) is 78.4 Å². The Morgan fingerprint density at radius 1 is 0.276 bits per heavy atom. The molecule has 288 valence electrons. The second-order valence-corrected chi connectivity index (χ2v) is 12.2. The first-order valence-electron chi connectivity index (χ1n) is 15.5. The number of rotatable bonds is 2. The van der Waals surface area contributed by atoms with Gasteiger partial charge in [-0.2, -0.15) is 10.5 Å². The van der Waals surface area contributed by atoms with Crippen LogP contribution in [-0.2, 0) is 0 Å². The van der Waals surface area contributed by atoms with Gasteiger partial charge < -0.3 is 0 Å². The largest absolute Gasteiger partial charge is 0.247 e. The molecule has 0 aliphatic rings. The van der Waals surface area contributed by atoms with Crippen LogP contribution in [0.4, 0.5) is 61.5 Å². The van der Waals surface area contributed by atoms with E-state index in [1.807, 2.05) is 0 Å². The van der Waals surface area contributed by atoms with Crippen LogP contribution < -0.4 is 0 Å². The maximum absolute atomic E-state index is 16.4. The smallest absolute Gasteiger partial charge is 0.200 e. The number of halogens is 14. The molecule has 8 nitrogen and oxygen atoms in total.